The average molecular weight is 368 g/mol. The van der Waals surface area contributed by atoms with Crippen molar-refractivity contribution < 1.29 is 4.79 Å². The number of aromatic nitrogens is 2. The van der Waals surface area contributed by atoms with E-state index < -0.39 is 0 Å². The molecule has 0 radical (unpaired) electrons. The molecule has 1 aromatic carbocycles. The van der Waals surface area contributed by atoms with Gasteiger partial charge < -0.3 is 5.32 Å². The quantitative estimate of drug-likeness (QED) is 0.778. The molecule has 2 heterocycles. The number of nitrogens with one attached hydrogen (secondary N) is 1. The third-order valence-electron chi connectivity index (χ3n) is 5.04. The summed E-state index contributed by atoms with van der Waals surface area (Å²) in [5, 5.41) is 7.26. The molecular weight excluding hydrogens is 340 g/mol. The molecule has 0 bridgehead atoms. The lowest BCUT2D eigenvalue weighted by Gasteiger charge is -2.28. The fourth-order valence-corrected chi connectivity index (χ4v) is 3.50. The second kappa shape index (κ2) is 9.46. The number of hydrogen-bond donors (Lipinski definition) is 1. The van der Waals surface area contributed by atoms with Crippen LogP contribution in [0.5, 0.6) is 0 Å². The second-order valence-electron chi connectivity index (χ2n) is 7.01. The predicted molar refractivity (Wildman–Crippen MR) is 106 cm³/mol. The molecule has 0 saturated carbocycles. The fourth-order valence-electron chi connectivity index (χ4n) is 3.50. The van der Waals surface area contributed by atoms with Crippen molar-refractivity contribution in [1.82, 2.24) is 20.0 Å². The molecule has 1 N–H and O–H groups in total. The minimum atomic E-state index is -0.236. The molecular formula is C21H28N4O2. The fraction of sp³-hybridized carbons (Fsp3) is 0.476. The van der Waals surface area contributed by atoms with E-state index in [1.165, 1.54) is 35.2 Å². The van der Waals surface area contributed by atoms with Crippen LogP contribution in [0.4, 0.5) is 0 Å². The molecule has 6 heteroatoms. The van der Waals surface area contributed by atoms with Gasteiger partial charge in [-0.05, 0) is 44.0 Å². The smallest absolute Gasteiger partial charge is 0.271 e. The largest absolute Gasteiger partial charge is 0.349 e. The van der Waals surface area contributed by atoms with Gasteiger partial charge in [0.2, 0.25) is 0 Å². The zero-order valence-corrected chi connectivity index (χ0v) is 15.9. The number of carbonyl (C=O) groups excluding carboxylic acids is 1. The summed E-state index contributed by atoms with van der Waals surface area (Å²) in [5.74, 6) is -0.236. The number of rotatable bonds is 8. The van der Waals surface area contributed by atoms with Crippen LogP contribution in [0.15, 0.2) is 47.3 Å². The molecule has 1 unspecified atom stereocenters. The molecule has 6 nitrogen and oxygen atoms in total. The van der Waals surface area contributed by atoms with Crippen molar-refractivity contribution in [2.45, 2.75) is 45.2 Å². The lowest BCUT2D eigenvalue weighted by Crippen LogP contribution is -2.37. The van der Waals surface area contributed by atoms with Gasteiger partial charge in [0.15, 0.2) is 0 Å². The maximum Gasteiger partial charge on any atom is 0.271 e. The molecule has 1 atom stereocenters. The van der Waals surface area contributed by atoms with E-state index in [-0.39, 0.29) is 17.5 Å². The van der Waals surface area contributed by atoms with Crippen LogP contribution >= 0.6 is 0 Å². The first kappa shape index (κ1) is 19.3. The minimum absolute atomic E-state index is 0.156. The van der Waals surface area contributed by atoms with Crippen LogP contribution in [0, 0.1) is 0 Å². The number of hydrogen-bond acceptors (Lipinski definition) is 4. The Bertz CT molecular complexity index is 797. The Balaban J connectivity index is 1.70. The van der Waals surface area contributed by atoms with E-state index in [4.69, 9.17) is 0 Å². The van der Waals surface area contributed by atoms with E-state index in [1.54, 1.807) is 0 Å². The van der Waals surface area contributed by atoms with Crippen molar-refractivity contribution in [3.05, 3.63) is 64.1 Å². The van der Waals surface area contributed by atoms with Crippen LogP contribution in [-0.4, -0.2) is 40.2 Å². The Morgan fingerprint density at radius 2 is 1.89 bits per heavy atom. The summed E-state index contributed by atoms with van der Waals surface area (Å²) in [6, 6.07) is 13.4. The van der Waals surface area contributed by atoms with E-state index in [1.807, 2.05) is 18.2 Å². The van der Waals surface area contributed by atoms with Crippen molar-refractivity contribution in [2.75, 3.05) is 19.6 Å². The van der Waals surface area contributed by atoms with Gasteiger partial charge in [0, 0.05) is 19.2 Å². The first-order valence-corrected chi connectivity index (χ1v) is 9.84. The summed E-state index contributed by atoms with van der Waals surface area (Å²) in [6.45, 7) is 5.23. The van der Waals surface area contributed by atoms with Crippen molar-refractivity contribution in [2.24, 2.45) is 0 Å². The van der Waals surface area contributed by atoms with Gasteiger partial charge in [-0.15, -0.1) is 0 Å². The molecule has 144 valence electrons. The third-order valence-corrected chi connectivity index (χ3v) is 5.04. The van der Waals surface area contributed by atoms with Gasteiger partial charge in [0.05, 0.1) is 6.04 Å². The zero-order chi connectivity index (χ0) is 19.1. The lowest BCUT2D eigenvalue weighted by atomic mass is 10.1. The number of carbonyl (C=O) groups is 1. The Morgan fingerprint density at radius 3 is 2.59 bits per heavy atom. The number of amides is 1. The monoisotopic (exact) mass is 368 g/mol. The molecule has 1 saturated heterocycles. The highest BCUT2D eigenvalue weighted by Crippen LogP contribution is 2.24. The molecule has 0 aliphatic carbocycles. The van der Waals surface area contributed by atoms with Crippen LogP contribution in [0.1, 0.15) is 54.7 Å². The second-order valence-corrected chi connectivity index (χ2v) is 7.01. The third kappa shape index (κ3) is 5.04. The molecule has 2 aromatic rings. The first-order valence-electron chi connectivity index (χ1n) is 9.84. The zero-order valence-electron chi connectivity index (χ0n) is 15.9. The summed E-state index contributed by atoms with van der Waals surface area (Å²) in [6.07, 6.45) is 4.23. The van der Waals surface area contributed by atoms with Crippen molar-refractivity contribution in [1.29, 1.82) is 0 Å². The lowest BCUT2D eigenvalue weighted by molar-refractivity contribution is 0.0930. The Labute approximate surface area is 160 Å². The van der Waals surface area contributed by atoms with Crippen LogP contribution in [0.25, 0.3) is 0 Å². The van der Waals surface area contributed by atoms with Gasteiger partial charge in [-0.3, -0.25) is 14.5 Å². The average Bonchev–Trinajstić information content (AvgIpc) is 3.22. The number of unbranched alkanes of at least 4 members (excludes halogenated alkanes) is 1. The highest BCUT2D eigenvalue weighted by molar-refractivity contribution is 5.92. The maximum atomic E-state index is 12.6. The number of aryl methyl sites for hydroxylation is 1. The van der Waals surface area contributed by atoms with Gasteiger partial charge >= 0.3 is 0 Å². The molecule has 0 spiro atoms. The highest BCUT2D eigenvalue weighted by atomic mass is 16.2. The predicted octanol–water partition coefficient (Wildman–Crippen LogP) is 2.61. The molecule has 1 aliphatic rings. The normalized spacial score (nSPS) is 15.6. The Kier molecular flexibility index (Phi) is 6.76. The van der Waals surface area contributed by atoms with Crippen molar-refractivity contribution in [3.63, 3.8) is 0 Å². The Morgan fingerprint density at radius 1 is 1.15 bits per heavy atom. The highest BCUT2D eigenvalue weighted by Gasteiger charge is 2.24. The summed E-state index contributed by atoms with van der Waals surface area (Å²) in [5.41, 5.74) is 1.33. The topological polar surface area (TPSA) is 67.2 Å². The summed E-state index contributed by atoms with van der Waals surface area (Å²) in [7, 11) is 0. The van der Waals surface area contributed by atoms with Gasteiger partial charge in [0.1, 0.15) is 5.69 Å². The summed E-state index contributed by atoms with van der Waals surface area (Å²) in [4.78, 5) is 26.9. The number of benzene rings is 1. The van der Waals surface area contributed by atoms with Gasteiger partial charge in [0.25, 0.3) is 11.5 Å². The van der Waals surface area contributed by atoms with Crippen LogP contribution < -0.4 is 10.9 Å². The molecule has 1 amide bonds. The summed E-state index contributed by atoms with van der Waals surface area (Å²) < 4.78 is 1.38. The van der Waals surface area contributed by atoms with Crippen molar-refractivity contribution in [3.8, 4) is 0 Å². The SMILES string of the molecule is CCCCn1nc(C(=O)NCC(c2ccccc2)N2CCCC2)ccc1=O. The van der Waals surface area contributed by atoms with Crippen LogP contribution in [0.3, 0.4) is 0 Å². The summed E-state index contributed by atoms with van der Waals surface area (Å²) >= 11 is 0. The van der Waals surface area contributed by atoms with E-state index in [2.05, 4.69) is 34.4 Å². The van der Waals surface area contributed by atoms with Crippen LogP contribution in [0.2, 0.25) is 0 Å². The van der Waals surface area contributed by atoms with Crippen molar-refractivity contribution >= 4 is 5.91 Å². The van der Waals surface area contributed by atoms with E-state index in [9.17, 15) is 9.59 Å². The number of likely N-dealkylation sites (tertiary alicyclic amines) is 1. The Hall–Kier alpha value is -2.47. The van der Waals surface area contributed by atoms with E-state index in [0.717, 1.165) is 25.9 Å². The van der Waals surface area contributed by atoms with E-state index in [0.29, 0.717) is 18.8 Å². The molecule has 1 aromatic heterocycles. The van der Waals surface area contributed by atoms with Crippen LogP contribution in [-0.2, 0) is 6.54 Å². The molecule has 27 heavy (non-hydrogen) atoms. The molecule has 3 rings (SSSR count). The minimum Gasteiger partial charge on any atom is -0.349 e. The van der Waals surface area contributed by atoms with E-state index >= 15 is 0 Å². The molecule has 1 fully saturated rings. The van der Waals surface area contributed by atoms with Gasteiger partial charge in [-0.2, -0.15) is 5.10 Å². The number of nitrogens with zero attached hydrogens (tertiary/aromatic N) is 3. The van der Waals surface area contributed by atoms with Gasteiger partial charge in [-0.1, -0.05) is 43.7 Å². The molecule has 1 aliphatic heterocycles. The standard InChI is InChI=1S/C21H28N4O2/c1-2-3-15-25-20(26)12-11-18(23-25)21(27)22-16-19(24-13-7-8-14-24)17-9-5-4-6-10-17/h4-6,9-12,19H,2-3,7-8,13-16H2,1H3,(H,22,27). The first-order chi connectivity index (χ1) is 13.2. The maximum absolute atomic E-state index is 12.6. The van der Waals surface area contributed by atoms with Gasteiger partial charge in [-0.25, -0.2) is 4.68 Å².